The van der Waals surface area contributed by atoms with Crippen LogP contribution in [0, 0.1) is 13.8 Å². The lowest BCUT2D eigenvalue weighted by molar-refractivity contribution is -0.150. The van der Waals surface area contributed by atoms with Gasteiger partial charge in [-0.15, -0.1) is 0 Å². The Hall–Kier alpha value is -2.04. The summed E-state index contributed by atoms with van der Waals surface area (Å²) in [7, 11) is 2.99. The van der Waals surface area contributed by atoms with Crippen molar-refractivity contribution in [3.63, 3.8) is 0 Å². The highest BCUT2D eigenvalue weighted by Crippen LogP contribution is 2.31. The molecule has 0 bridgehead atoms. The Labute approximate surface area is 137 Å². The Bertz CT molecular complexity index is 580. The minimum absolute atomic E-state index is 0.145. The maximum absolute atomic E-state index is 12.5. The fraction of sp³-hybridized carbons (Fsp3) is 0.556. The van der Waals surface area contributed by atoms with Crippen LogP contribution in [0.25, 0.3) is 0 Å². The van der Waals surface area contributed by atoms with Crippen molar-refractivity contribution in [1.29, 1.82) is 0 Å². The standard InChI is InChI=1S/C18H25NO4/c1-12-9-14(22-3)10-13(2)15(12)11-16(20)19-18(17(21)23-4)7-5-6-8-18/h9-10H,5-8,11H2,1-4H3,(H,19,20). The molecule has 23 heavy (non-hydrogen) atoms. The molecule has 1 aliphatic rings. The van der Waals surface area contributed by atoms with Crippen molar-refractivity contribution in [2.75, 3.05) is 14.2 Å². The number of nitrogens with one attached hydrogen (secondary N) is 1. The van der Waals surface area contributed by atoms with Crippen LogP contribution < -0.4 is 10.1 Å². The van der Waals surface area contributed by atoms with Crippen LogP contribution in [0.2, 0.25) is 0 Å². The Morgan fingerprint density at radius 3 is 2.17 bits per heavy atom. The van der Waals surface area contributed by atoms with Crippen LogP contribution in [0.15, 0.2) is 12.1 Å². The Morgan fingerprint density at radius 1 is 1.13 bits per heavy atom. The van der Waals surface area contributed by atoms with E-state index in [9.17, 15) is 9.59 Å². The molecular formula is C18H25NO4. The maximum Gasteiger partial charge on any atom is 0.331 e. The summed E-state index contributed by atoms with van der Waals surface area (Å²) in [6.07, 6.45) is 3.39. The van der Waals surface area contributed by atoms with Crippen LogP contribution in [0.1, 0.15) is 42.4 Å². The third-order valence-corrected chi connectivity index (χ3v) is 4.65. The molecule has 0 spiro atoms. The normalized spacial score (nSPS) is 16.0. The van der Waals surface area contributed by atoms with E-state index in [0.29, 0.717) is 12.8 Å². The van der Waals surface area contributed by atoms with Crippen LogP contribution >= 0.6 is 0 Å². The fourth-order valence-corrected chi connectivity index (χ4v) is 3.38. The van der Waals surface area contributed by atoms with Gasteiger partial charge in [0.25, 0.3) is 0 Å². The monoisotopic (exact) mass is 319 g/mol. The molecule has 5 nitrogen and oxygen atoms in total. The SMILES string of the molecule is COC(=O)C1(NC(=O)Cc2c(C)cc(OC)cc2C)CCCC1. The Morgan fingerprint density at radius 2 is 1.70 bits per heavy atom. The van der Waals surface area contributed by atoms with Gasteiger partial charge in [0, 0.05) is 0 Å². The molecule has 126 valence electrons. The highest BCUT2D eigenvalue weighted by atomic mass is 16.5. The summed E-state index contributed by atoms with van der Waals surface area (Å²) in [6.45, 7) is 3.92. The number of rotatable bonds is 5. The third-order valence-electron chi connectivity index (χ3n) is 4.65. The van der Waals surface area contributed by atoms with E-state index < -0.39 is 5.54 Å². The van der Waals surface area contributed by atoms with E-state index in [0.717, 1.165) is 35.3 Å². The minimum atomic E-state index is -0.847. The molecule has 1 aliphatic carbocycles. The summed E-state index contributed by atoms with van der Waals surface area (Å²) in [5, 5.41) is 2.93. The molecule has 0 aromatic heterocycles. The number of carbonyl (C=O) groups excluding carboxylic acids is 2. The molecule has 5 heteroatoms. The van der Waals surface area contributed by atoms with Crippen molar-refractivity contribution in [2.24, 2.45) is 0 Å². The molecule has 1 aromatic rings. The number of esters is 1. The number of benzene rings is 1. The number of hydrogen-bond donors (Lipinski definition) is 1. The quantitative estimate of drug-likeness (QED) is 0.847. The van der Waals surface area contributed by atoms with E-state index in [4.69, 9.17) is 9.47 Å². The van der Waals surface area contributed by atoms with Crippen molar-refractivity contribution in [2.45, 2.75) is 51.5 Å². The number of amides is 1. The average molecular weight is 319 g/mol. The van der Waals surface area contributed by atoms with E-state index in [1.54, 1.807) is 7.11 Å². The largest absolute Gasteiger partial charge is 0.497 e. The second-order valence-corrected chi connectivity index (χ2v) is 6.25. The number of methoxy groups -OCH3 is 2. The van der Waals surface area contributed by atoms with Gasteiger partial charge in [-0.25, -0.2) is 4.79 Å². The van der Waals surface area contributed by atoms with Gasteiger partial charge in [-0.05, 0) is 55.5 Å². The van der Waals surface area contributed by atoms with Gasteiger partial charge in [0.05, 0.1) is 20.6 Å². The number of hydrogen-bond acceptors (Lipinski definition) is 4. The van der Waals surface area contributed by atoms with Gasteiger partial charge in [0.15, 0.2) is 0 Å². The lowest BCUT2D eigenvalue weighted by atomic mass is 9.95. The first-order chi connectivity index (χ1) is 10.9. The summed E-state index contributed by atoms with van der Waals surface area (Å²) in [4.78, 5) is 24.6. The first kappa shape index (κ1) is 17.3. The lowest BCUT2D eigenvalue weighted by Gasteiger charge is -2.27. The number of carbonyl (C=O) groups is 2. The molecular weight excluding hydrogens is 294 g/mol. The van der Waals surface area contributed by atoms with E-state index in [1.807, 2.05) is 26.0 Å². The van der Waals surface area contributed by atoms with Crippen LogP contribution in [-0.4, -0.2) is 31.6 Å². The molecule has 1 aromatic carbocycles. The predicted octanol–water partition coefficient (Wildman–Crippen LogP) is 2.46. The molecule has 1 saturated carbocycles. The van der Waals surface area contributed by atoms with Crippen molar-refractivity contribution in [3.05, 3.63) is 28.8 Å². The summed E-state index contributed by atoms with van der Waals surface area (Å²) in [5.74, 6) is 0.297. The molecule has 2 rings (SSSR count). The topological polar surface area (TPSA) is 64.6 Å². The van der Waals surface area contributed by atoms with Gasteiger partial charge >= 0.3 is 5.97 Å². The van der Waals surface area contributed by atoms with Gasteiger partial charge in [-0.2, -0.15) is 0 Å². The van der Waals surface area contributed by atoms with E-state index >= 15 is 0 Å². The molecule has 0 radical (unpaired) electrons. The van der Waals surface area contributed by atoms with Crippen LogP contribution in [0.5, 0.6) is 5.75 Å². The van der Waals surface area contributed by atoms with Crippen LogP contribution in [0.4, 0.5) is 0 Å². The molecule has 1 N–H and O–H groups in total. The highest BCUT2D eigenvalue weighted by Gasteiger charge is 2.43. The second-order valence-electron chi connectivity index (χ2n) is 6.25. The van der Waals surface area contributed by atoms with E-state index in [1.165, 1.54) is 7.11 Å². The fourth-order valence-electron chi connectivity index (χ4n) is 3.38. The number of ether oxygens (including phenoxy) is 2. The van der Waals surface area contributed by atoms with Gasteiger partial charge in [0.2, 0.25) is 5.91 Å². The first-order valence-corrected chi connectivity index (χ1v) is 7.95. The molecule has 0 atom stereocenters. The zero-order valence-corrected chi connectivity index (χ0v) is 14.3. The van der Waals surface area contributed by atoms with Crippen molar-refractivity contribution in [1.82, 2.24) is 5.32 Å². The van der Waals surface area contributed by atoms with Crippen molar-refractivity contribution in [3.8, 4) is 5.75 Å². The zero-order chi connectivity index (χ0) is 17.0. The van der Waals surface area contributed by atoms with E-state index in [-0.39, 0.29) is 18.3 Å². The van der Waals surface area contributed by atoms with Gasteiger partial charge in [-0.1, -0.05) is 12.8 Å². The summed E-state index contributed by atoms with van der Waals surface area (Å²) in [6, 6.07) is 3.84. The molecule has 0 saturated heterocycles. The third kappa shape index (κ3) is 3.66. The summed E-state index contributed by atoms with van der Waals surface area (Å²) in [5.41, 5.74) is 2.15. The van der Waals surface area contributed by atoms with Crippen LogP contribution in [-0.2, 0) is 20.7 Å². The maximum atomic E-state index is 12.5. The molecule has 1 amide bonds. The van der Waals surface area contributed by atoms with Gasteiger partial charge < -0.3 is 14.8 Å². The predicted molar refractivity (Wildman–Crippen MR) is 87.5 cm³/mol. The molecule has 0 aliphatic heterocycles. The van der Waals surface area contributed by atoms with Gasteiger partial charge in [-0.3, -0.25) is 4.79 Å². The zero-order valence-electron chi connectivity index (χ0n) is 14.3. The average Bonchev–Trinajstić information content (AvgIpc) is 2.99. The Kier molecular flexibility index (Phi) is 5.29. The number of aryl methyl sites for hydroxylation is 2. The molecule has 1 fully saturated rings. The molecule has 0 heterocycles. The van der Waals surface area contributed by atoms with E-state index in [2.05, 4.69) is 5.32 Å². The van der Waals surface area contributed by atoms with Crippen LogP contribution in [0.3, 0.4) is 0 Å². The smallest absolute Gasteiger partial charge is 0.331 e. The molecule has 0 unspecified atom stereocenters. The first-order valence-electron chi connectivity index (χ1n) is 7.95. The minimum Gasteiger partial charge on any atom is -0.497 e. The van der Waals surface area contributed by atoms with Crippen molar-refractivity contribution < 1.29 is 19.1 Å². The lowest BCUT2D eigenvalue weighted by Crippen LogP contribution is -2.53. The van der Waals surface area contributed by atoms with Crippen molar-refractivity contribution >= 4 is 11.9 Å². The Balaban J connectivity index is 2.15. The van der Waals surface area contributed by atoms with Gasteiger partial charge in [0.1, 0.15) is 11.3 Å². The summed E-state index contributed by atoms with van der Waals surface area (Å²) >= 11 is 0. The second kappa shape index (κ2) is 7.02. The summed E-state index contributed by atoms with van der Waals surface area (Å²) < 4.78 is 10.1. The highest BCUT2D eigenvalue weighted by molar-refractivity contribution is 5.89.